The molecule has 0 aliphatic heterocycles. The van der Waals surface area contributed by atoms with Gasteiger partial charge in [0.05, 0.1) is 28.0 Å². The Bertz CT molecular complexity index is 692. The molecule has 0 atom stereocenters. The summed E-state index contributed by atoms with van der Waals surface area (Å²) in [5, 5.41) is 12.3. The zero-order chi connectivity index (χ0) is 12.4. The summed E-state index contributed by atoms with van der Waals surface area (Å²) in [6.07, 6.45) is 1.65. The van der Waals surface area contributed by atoms with E-state index in [1.807, 2.05) is 19.9 Å². The predicted octanol–water partition coefficient (Wildman–Crippen LogP) is 3.46. The lowest BCUT2D eigenvalue weighted by Crippen LogP contribution is -1.91. The van der Waals surface area contributed by atoms with Crippen LogP contribution in [0.1, 0.15) is 16.7 Å². The lowest BCUT2D eigenvalue weighted by atomic mass is 10.00. The summed E-state index contributed by atoms with van der Waals surface area (Å²) in [5.74, 6) is 0. The maximum Gasteiger partial charge on any atom is 0.0999 e. The molecule has 4 heteroatoms. The molecule has 0 bridgehead atoms. The first-order chi connectivity index (χ1) is 8.19. The first kappa shape index (κ1) is 11.4. The summed E-state index contributed by atoms with van der Waals surface area (Å²) < 4.78 is 0. The molecule has 1 aromatic carbocycles. The maximum absolute atomic E-state index is 9.13. The fourth-order valence-corrected chi connectivity index (χ4v) is 2.01. The molecular weight excluding hydrogens is 230 g/mol. The maximum atomic E-state index is 9.13. The lowest BCUT2D eigenvalue weighted by Gasteiger charge is -2.08. The molecule has 0 fully saturated rings. The van der Waals surface area contributed by atoms with Crippen molar-refractivity contribution in [2.45, 2.75) is 13.8 Å². The number of aryl methyl sites for hydroxylation is 2. The van der Waals surface area contributed by atoms with Gasteiger partial charge in [0.15, 0.2) is 0 Å². The Morgan fingerprint density at radius 1 is 1.41 bits per heavy atom. The van der Waals surface area contributed by atoms with Crippen LogP contribution in [-0.4, -0.2) is 10.1 Å². The fraction of sp³-hybridized carbons (Fsp3) is 0.154. The third-order valence-corrected chi connectivity index (χ3v) is 2.81. The van der Waals surface area contributed by atoms with Crippen LogP contribution in [0.3, 0.4) is 0 Å². The molecule has 2 aromatic rings. The Morgan fingerprint density at radius 3 is 2.82 bits per heavy atom. The van der Waals surface area contributed by atoms with Crippen molar-refractivity contribution in [1.82, 2.24) is 4.98 Å². The van der Waals surface area contributed by atoms with E-state index in [0.717, 1.165) is 27.7 Å². The van der Waals surface area contributed by atoms with Gasteiger partial charge in [0.25, 0.3) is 0 Å². The number of hydrogen-bond acceptors (Lipinski definition) is 4. The average molecular weight is 239 g/mol. The van der Waals surface area contributed by atoms with Gasteiger partial charge in [0.2, 0.25) is 0 Å². The summed E-state index contributed by atoms with van der Waals surface area (Å²) in [7, 11) is 0. The highest BCUT2D eigenvalue weighted by Gasteiger charge is 2.10. The molecule has 0 saturated carbocycles. The largest absolute Gasteiger partial charge is 0.256 e. The second-order valence-electron chi connectivity index (χ2n) is 3.73. The van der Waals surface area contributed by atoms with Gasteiger partial charge in [-0.3, -0.25) is 4.98 Å². The standard InChI is InChI=1S/C13H9N3S/c1-8-5-11(16-7-17)9(2)12-10(6-14)3-4-15-13(8)12/h3-5H,1-2H3. The number of fused-ring (bicyclic) bond motifs is 1. The molecule has 2 rings (SSSR count). The van der Waals surface area contributed by atoms with E-state index in [2.05, 4.69) is 33.4 Å². The van der Waals surface area contributed by atoms with Crippen LogP contribution in [0.2, 0.25) is 0 Å². The second-order valence-corrected chi connectivity index (χ2v) is 3.92. The van der Waals surface area contributed by atoms with Crippen molar-refractivity contribution in [1.29, 1.82) is 5.26 Å². The number of isothiocyanates is 1. The number of aliphatic imine (C=N–C) groups is 1. The third-order valence-electron chi connectivity index (χ3n) is 2.72. The van der Waals surface area contributed by atoms with Gasteiger partial charge < -0.3 is 0 Å². The van der Waals surface area contributed by atoms with Crippen molar-refractivity contribution >= 4 is 34.0 Å². The van der Waals surface area contributed by atoms with Crippen molar-refractivity contribution in [3.63, 3.8) is 0 Å². The quantitative estimate of drug-likeness (QED) is 0.565. The van der Waals surface area contributed by atoms with Crippen molar-refractivity contribution < 1.29 is 0 Å². The van der Waals surface area contributed by atoms with E-state index in [1.165, 1.54) is 0 Å². The molecule has 0 saturated heterocycles. The van der Waals surface area contributed by atoms with Crippen molar-refractivity contribution in [2.75, 3.05) is 0 Å². The molecule has 0 amide bonds. The minimum atomic E-state index is 0.608. The zero-order valence-electron chi connectivity index (χ0n) is 9.48. The summed E-state index contributed by atoms with van der Waals surface area (Å²) in [6.45, 7) is 3.86. The molecule has 0 radical (unpaired) electrons. The van der Waals surface area contributed by atoms with Gasteiger partial charge in [-0.1, -0.05) is 0 Å². The second kappa shape index (κ2) is 4.42. The van der Waals surface area contributed by atoms with E-state index in [0.29, 0.717) is 5.56 Å². The number of pyridine rings is 1. The van der Waals surface area contributed by atoms with Crippen LogP contribution in [0.4, 0.5) is 5.69 Å². The van der Waals surface area contributed by atoms with Crippen LogP contribution in [0.25, 0.3) is 10.9 Å². The molecule has 82 valence electrons. The van der Waals surface area contributed by atoms with Crippen LogP contribution in [-0.2, 0) is 0 Å². The topological polar surface area (TPSA) is 49.0 Å². The Morgan fingerprint density at radius 2 is 2.18 bits per heavy atom. The number of nitriles is 1. The van der Waals surface area contributed by atoms with E-state index in [4.69, 9.17) is 5.26 Å². The highest BCUT2D eigenvalue weighted by molar-refractivity contribution is 7.78. The molecule has 3 nitrogen and oxygen atoms in total. The van der Waals surface area contributed by atoms with Crippen molar-refractivity contribution in [2.24, 2.45) is 4.99 Å². The summed E-state index contributed by atoms with van der Waals surface area (Å²) in [5.41, 5.74) is 4.08. The summed E-state index contributed by atoms with van der Waals surface area (Å²) >= 11 is 4.62. The molecule has 0 aliphatic carbocycles. The summed E-state index contributed by atoms with van der Waals surface area (Å²) in [6, 6.07) is 5.80. The molecule has 17 heavy (non-hydrogen) atoms. The SMILES string of the molecule is Cc1cc(N=C=S)c(C)c2c(C#N)ccnc12. The zero-order valence-corrected chi connectivity index (χ0v) is 10.3. The minimum absolute atomic E-state index is 0.608. The highest BCUT2D eigenvalue weighted by Crippen LogP contribution is 2.31. The summed E-state index contributed by atoms with van der Waals surface area (Å²) in [4.78, 5) is 8.33. The van der Waals surface area contributed by atoms with E-state index < -0.39 is 0 Å². The van der Waals surface area contributed by atoms with Gasteiger partial charge in [0.1, 0.15) is 0 Å². The average Bonchev–Trinajstić information content (AvgIpc) is 2.35. The molecule has 0 N–H and O–H groups in total. The smallest absolute Gasteiger partial charge is 0.0999 e. The Balaban J connectivity index is 3.01. The number of benzene rings is 1. The number of rotatable bonds is 1. The number of aromatic nitrogens is 1. The van der Waals surface area contributed by atoms with Crippen LogP contribution in [0, 0.1) is 25.2 Å². The van der Waals surface area contributed by atoms with E-state index in [1.54, 1.807) is 12.3 Å². The van der Waals surface area contributed by atoms with Gasteiger partial charge >= 0.3 is 0 Å². The first-order valence-electron chi connectivity index (χ1n) is 5.06. The van der Waals surface area contributed by atoms with Gasteiger partial charge in [-0.15, -0.1) is 0 Å². The monoisotopic (exact) mass is 239 g/mol. The van der Waals surface area contributed by atoms with Crippen LogP contribution < -0.4 is 0 Å². The number of nitrogens with zero attached hydrogens (tertiary/aromatic N) is 3. The predicted molar refractivity (Wildman–Crippen MR) is 70.6 cm³/mol. The fourth-order valence-electron chi connectivity index (χ4n) is 1.91. The Kier molecular flexibility index (Phi) is 2.97. The normalized spacial score (nSPS) is 9.71. The molecule has 1 heterocycles. The van der Waals surface area contributed by atoms with Gasteiger partial charge in [-0.05, 0) is 49.3 Å². The van der Waals surface area contributed by atoms with E-state index in [-0.39, 0.29) is 0 Å². The first-order valence-corrected chi connectivity index (χ1v) is 5.46. The molecule has 0 unspecified atom stereocenters. The van der Waals surface area contributed by atoms with E-state index in [9.17, 15) is 0 Å². The Labute approximate surface area is 104 Å². The minimum Gasteiger partial charge on any atom is -0.256 e. The van der Waals surface area contributed by atoms with Gasteiger partial charge in [-0.2, -0.15) is 10.3 Å². The molecule has 1 aromatic heterocycles. The van der Waals surface area contributed by atoms with Crippen LogP contribution in [0.15, 0.2) is 23.3 Å². The third kappa shape index (κ3) is 1.83. The van der Waals surface area contributed by atoms with Crippen molar-refractivity contribution in [3.8, 4) is 6.07 Å². The lowest BCUT2D eigenvalue weighted by molar-refractivity contribution is 1.32. The van der Waals surface area contributed by atoms with Crippen LogP contribution in [0.5, 0.6) is 0 Å². The molecule has 0 spiro atoms. The van der Waals surface area contributed by atoms with E-state index >= 15 is 0 Å². The van der Waals surface area contributed by atoms with Crippen LogP contribution >= 0.6 is 12.2 Å². The Hall–Kier alpha value is -2.08. The van der Waals surface area contributed by atoms with Crippen molar-refractivity contribution in [3.05, 3.63) is 35.0 Å². The molecule has 0 aliphatic rings. The number of hydrogen-bond donors (Lipinski definition) is 0. The number of thiocarbonyl (C=S) groups is 1. The molecular formula is C13H9N3S. The highest BCUT2D eigenvalue weighted by atomic mass is 32.1. The van der Waals surface area contributed by atoms with Gasteiger partial charge in [0, 0.05) is 11.6 Å². The van der Waals surface area contributed by atoms with Gasteiger partial charge in [-0.25, -0.2) is 0 Å².